The molecule has 0 saturated carbocycles. The molecule has 0 unspecified atom stereocenters. The Morgan fingerprint density at radius 2 is 1.83 bits per heavy atom. The van der Waals surface area contributed by atoms with E-state index in [2.05, 4.69) is 10.6 Å². The summed E-state index contributed by atoms with van der Waals surface area (Å²) in [6, 6.07) is -0.609. The highest BCUT2D eigenvalue weighted by Crippen LogP contribution is 2.06. The van der Waals surface area contributed by atoms with E-state index in [0.717, 1.165) is 6.54 Å². The first-order valence-corrected chi connectivity index (χ1v) is 6.04. The first kappa shape index (κ1) is 16.7. The summed E-state index contributed by atoms with van der Waals surface area (Å²) in [6.45, 7) is 8.24. The molecule has 6 nitrogen and oxygen atoms in total. The first-order valence-electron chi connectivity index (χ1n) is 6.04. The molecular weight excluding hydrogens is 234 g/mol. The number of nitrogens with one attached hydrogen (secondary N) is 2. The van der Waals surface area contributed by atoms with Crippen molar-refractivity contribution in [1.82, 2.24) is 15.5 Å². The van der Waals surface area contributed by atoms with Crippen LogP contribution in [0, 0.1) is 0 Å². The molecule has 1 atom stereocenters. The fourth-order valence-electron chi connectivity index (χ4n) is 1.11. The van der Waals surface area contributed by atoms with Gasteiger partial charge in [-0.05, 0) is 41.8 Å². The van der Waals surface area contributed by atoms with Gasteiger partial charge >= 0.3 is 6.09 Å². The van der Waals surface area contributed by atoms with E-state index in [4.69, 9.17) is 4.74 Å². The van der Waals surface area contributed by atoms with Gasteiger partial charge < -0.3 is 20.3 Å². The maximum absolute atomic E-state index is 11.6. The maximum Gasteiger partial charge on any atom is 0.408 e. The molecule has 106 valence electrons. The van der Waals surface area contributed by atoms with Crippen LogP contribution >= 0.6 is 0 Å². The van der Waals surface area contributed by atoms with Crippen molar-refractivity contribution in [3.63, 3.8) is 0 Å². The Kier molecular flexibility index (Phi) is 6.68. The van der Waals surface area contributed by atoms with E-state index in [1.54, 1.807) is 27.7 Å². The molecule has 6 heteroatoms. The zero-order valence-corrected chi connectivity index (χ0v) is 12.2. The van der Waals surface area contributed by atoms with Crippen LogP contribution in [-0.2, 0) is 9.53 Å². The third-order valence-corrected chi connectivity index (χ3v) is 1.98. The smallest absolute Gasteiger partial charge is 0.408 e. The van der Waals surface area contributed by atoms with Crippen molar-refractivity contribution in [2.45, 2.75) is 39.3 Å². The minimum atomic E-state index is -0.609. The number of carbonyl (C=O) groups is 2. The van der Waals surface area contributed by atoms with Gasteiger partial charge in [-0.15, -0.1) is 0 Å². The van der Waals surface area contributed by atoms with Gasteiger partial charge in [-0.3, -0.25) is 4.79 Å². The van der Waals surface area contributed by atoms with Crippen molar-refractivity contribution in [3.05, 3.63) is 0 Å². The Labute approximate surface area is 109 Å². The molecule has 0 aliphatic heterocycles. The minimum Gasteiger partial charge on any atom is -0.444 e. The molecule has 0 aromatic carbocycles. The van der Waals surface area contributed by atoms with Crippen LogP contribution in [0.1, 0.15) is 27.7 Å². The predicted octanol–water partition coefficient (Wildman–Crippen LogP) is 0.577. The van der Waals surface area contributed by atoms with E-state index in [-0.39, 0.29) is 5.91 Å². The molecule has 18 heavy (non-hydrogen) atoms. The largest absolute Gasteiger partial charge is 0.444 e. The van der Waals surface area contributed by atoms with Crippen LogP contribution in [0.2, 0.25) is 0 Å². The average Bonchev–Trinajstić information content (AvgIpc) is 2.13. The predicted molar refractivity (Wildman–Crippen MR) is 70.4 cm³/mol. The maximum atomic E-state index is 11.6. The van der Waals surface area contributed by atoms with Gasteiger partial charge in [0.25, 0.3) is 0 Å². The molecule has 0 aliphatic rings. The van der Waals surface area contributed by atoms with Crippen LogP contribution in [0.15, 0.2) is 0 Å². The number of carbonyl (C=O) groups excluding carboxylic acids is 2. The molecule has 0 rings (SSSR count). The Hall–Kier alpha value is -1.30. The second-order valence-corrected chi connectivity index (χ2v) is 5.46. The van der Waals surface area contributed by atoms with E-state index < -0.39 is 17.7 Å². The molecule has 2 N–H and O–H groups in total. The van der Waals surface area contributed by atoms with E-state index in [0.29, 0.717) is 6.54 Å². The molecule has 0 bridgehead atoms. The van der Waals surface area contributed by atoms with Crippen molar-refractivity contribution < 1.29 is 14.3 Å². The lowest BCUT2D eigenvalue weighted by Gasteiger charge is -2.21. The van der Waals surface area contributed by atoms with Crippen molar-refractivity contribution in [2.75, 3.05) is 27.2 Å². The van der Waals surface area contributed by atoms with Gasteiger partial charge in [-0.25, -0.2) is 4.79 Å². The van der Waals surface area contributed by atoms with Crippen molar-refractivity contribution in [3.8, 4) is 0 Å². The average molecular weight is 259 g/mol. The van der Waals surface area contributed by atoms with Gasteiger partial charge in [0.15, 0.2) is 0 Å². The fourth-order valence-corrected chi connectivity index (χ4v) is 1.11. The molecule has 2 amide bonds. The first-order chi connectivity index (χ1) is 8.11. The summed E-state index contributed by atoms with van der Waals surface area (Å²) in [7, 11) is 3.85. The zero-order valence-electron chi connectivity index (χ0n) is 12.2. The lowest BCUT2D eigenvalue weighted by Crippen LogP contribution is -2.47. The van der Waals surface area contributed by atoms with Gasteiger partial charge in [0.2, 0.25) is 5.91 Å². The quantitative estimate of drug-likeness (QED) is 0.757. The molecule has 0 aromatic heterocycles. The Bertz CT molecular complexity index is 285. The monoisotopic (exact) mass is 259 g/mol. The molecule has 0 fully saturated rings. The van der Waals surface area contributed by atoms with Gasteiger partial charge in [-0.1, -0.05) is 0 Å². The second kappa shape index (κ2) is 7.20. The van der Waals surface area contributed by atoms with Crippen molar-refractivity contribution in [1.29, 1.82) is 0 Å². The van der Waals surface area contributed by atoms with Crippen LogP contribution in [0.25, 0.3) is 0 Å². The number of hydrogen-bond donors (Lipinski definition) is 2. The highest BCUT2D eigenvalue weighted by Gasteiger charge is 2.20. The minimum absolute atomic E-state index is 0.220. The molecule has 0 heterocycles. The number of amides is 2. The number of nitrogens with zero attached hydrogens (tertiary/aromatic N) is 1. The summed E-state index contributed by atoms with van der Waals surface area (Å²) in [5, 5.41) is 5.22. The van der Waals surface area contributed by atoms with E-state index in [9.17, 15) is 9.59 Å². The summed E-state index contributed by atoms with van der Waals surface area (Å²) in [5.74, 6) is -0.220. The summed E-state index contributed by atoms with van der Waals surface area (Å²) in [6.07, 6.45) is -0.585. The van der Waals surface area contributed by atoms with Crippen molar-refractivity contribution in [2.24, 2.45) is 0 Å². The van der Waals surface area contributed by atoms with Crippen LogP contribution in [0.3, 0.4) is 0 Å². The van der Waals surface area contributed by atoms with E-state index >= 15 is 0 Å². The van der Waals surface area contributed by atoms with Gasteiger partial charge in [-0.2, -0.15) is 0 Å². The standard InChI is InChI=1S/C12H25N3O3/c1-9(10(16)13-7-8-15(5)6)14-11(17)18-12(2,3)4/h9H,7-8H2,1-6H3,(H,13,16)(H,14,17)/t9-/m0/s1. The van der Waals surface area contributed by atoms with Crippen LogP contribution in [0.5, 0.6) is 0 Å². The Morgan fingerprint density at radius 3 is 2.28 bits per heavy atom. The lowest BCUT2D eigenvalue weighted by molar-refractivity contribution is -0.122. The van der Waals surface area contributed by atoms with Crippen LogP contribution in [0.4, 0.5) is 4.79 Å². The lowest BCUT2D eigenvalue weighted by atomic mass is 10.2. The highest BCUT2D eigenvalue weighted by atomic mass is 16.6. The number of ether oxygens (including phenoxy) is 1. The number of hydrogen-bond acceptors (Lipinski definition) is 4. The molecule has 0 spiro atoms. The molecule has 0 saturated heterocycles. The van der Waals surface area contributed by atoms with Gasteiger partial charge in [0.1, 0.15) is 11.6 Å². The molecular formula is C12H25N3O3. The Balaban J connectivity index is 3.97. The van der Waals surface area contributed by atoms with Gasteiger partial charge in [0.05, 0.1) is 0 Å². The van der Waals surface area contributed by atoms with E-state index in [1.807, 2.05) is 19.0 Å². The summed E-state index contributed by atoms with van der Waals surface area (Å²) >= 11 is 0. The van der Waals surface area contributed by atoms with Crippen molar-refractivity contribution >= 4 is 12.0 Å². The SMILES string of the molecule is C[C@H](NC(=O)OC(C)(C)C)C(=O)NCCN(C)C. The summed E-state index contributed by atoms with van der Waals surface area (Å²) in [5.41, 5.74) is -0.564. The number of rotatable bonds is 5. The fraction of sp³-hybridized carbons (Fsp3) is 0.833. The molecule has 0 aliphatic carbocycles. The molecule has 0 aromatic rings. The number of likely N-dealkylation sites (N-methyl/N-ethyl adjacent to an activating group) is 1. The normalized spacial score (nSPS) is 13.1. The van der Waals surface area contributed by atoms with Gasteiger partial charge in [0, 0.05) is 13.1 Å². The third kappa shape index (κ3) is 8.81. The zero-order chi connectivity index (χ0) is 14.3. The molecule has 0 radical (unpaired) electrons. The highest BCUT2D eigenvalue weighted by molar-refractivity contribution is 5.85. The van der Waals surface area contributed by atoms with E-state index in [1.165, 1.54) is 0 Å². The summed E-state index contributed by atoms with van der Waals surface area (Å²) in [4.78, 5) is 25.0. The van der Waals surface area contributed by atoms with Crippen LogP contribution < -0.4 is 10.6 Å². The Morgan fingerprint density at radius 1 is 1.28 bits per heavy atom. The third-order valence-electron chi connectivity index (χ3n) is 1.98. The van der Waals surface area contributed by atoms with Crippen LogP contribution in [-0.4, -0.2) is 55.7 Å². The topological polar surface area (TPSA) is 70.7 Å². The number of alkyl carbamates (subject to hydrolysis) is 1. The summed E-state index contributed by atoms with van der Waals surface area (Å²) < 4.78 is 5.06. The second-order valence-electron chi connectivity index (χ2n) is 5.46.